The van der Waals surface area contributed by atoms with Gasteiger partial charge in [-0.1, -0.05) is 20.8 Å². The van der Waals surface area contributed by atoms with Crippen LogP contribution >= 0.6 is 11.3 Å². The standard InChI is InChI=1S/C17H29N5OS/c1-17(2,3)13-11-24-14(21-13)8-9-19-16(18-4)20-12-6-7-15(23)22(5)10-12/h11-12H,6-10H2,1-5H3,(H2,18,19,20). The summed E-state index contributed by atoms with van der Waals surface area (Å²) in [5.41, 5.74) is 1.25. The summed E-state index contributed by atoms with van der Waals surface area (Å²) in [6.07, 6.45) is 2.33. The number of rotatable bonds is 4. The number of nitrogens with one attached hydrogen (secondary N) is 2. The summed E-state index contributed by atoms with van der Waals surface area (Å²) in [6.45, 7) is 8.06. The van der Waals surface area contributed by atoms with Crippen molar-refractivity contribution in [3.8, 4) is 0 Å². The molecule has 1 fully saturated rings. The Kier molecular flexibility index (Phi) is 6.21. The van der Waals surface area contributed by atoms with Gasteiger partial charge in [-0.05, 0) is 6.42 Å². The van der Waals surface area contributed by atoms with E-state index in [1.54, 1.807) is 23.3 Å². The molecule has 7 heteroatoms. The first kappa shape index (κ1) is 18.7. The molecule has 1 unspecified atom stereocenters. The van der Waals surface area contributed by atoms with E-state index in [2.05, 4.69) is 41.8 Å². The molecule has 0 aliphatic carbocycles. The highest BCUT2D eigenvalue weighted by Gasteiger charge is 2.23. The molecule has 0 spiro atoms. The highest BCUT2D eigenvalue weighted by Crippen LogP contribution is 2.23. The number of thiazole rings is 1. The SMILES string of the molecule is CN=C(NCCc1nc(C(C)(C)C)cs1)NC1CCC(=O)N(C)C1. The molecule has 6 nitrogen and oxygen atoms in total. The van der Waals surface area contributed by atoms with Crippen LogP contribution in [0.5, 0.6) is 0 Å². The minimum absolute atomic E-state index is 0.101. The number of hydrogen-bond donors (Lipinski definition) is 2. The molecule has 2 N–H and O–H groups in total. The van der Waals surface area contributed by atoms with Crippen LogP contribution in [-0.2, 0) is 16.6 Å². The average Bonchev–Trinajstić information content (AvgIpc) is 2.99. The molecule has 2 rings (SSSR count). The lowest BCUT2D eigenvalue weighted by Crippen LogP contribution is -2.51. The van der Waals surface area contributed by atoms with Crippen molar-refractivity contribution in [1.82, 2.24) is 20.5 Å². The Bertz CT molecular complexity index is 590. The van der Waals surface area contributed by atoms with Crippen LogP contribution in [0.1, 0.15) is 44.3 Å². The quantitative estimate of drug-likeness (QED) is 0.641. The smallest absolute Gasteiger partial charge is 0.222 e. The molecule has 24 heavy (non-hydrogen) atoms. The van der Waals surface area contributed by atoms with E-state index >= 15 is 0 Å². The normalized spacial score (nSPS) is 19.5. The molecular weight excluding hydrogens is 322 g/mol. The molecule has 1 amide bonds. The predicted molar refractivity (Wildman–Crippen MR) is 99.7 cm³/mol. The molecule has 0 saturated carbocycles. The largest absolute Gasteiger partial charge is 0.356 e. The zero-order valence-corrected chi connectivity index (χ0v) is 16.2. The molecule has 1 aromatic rings. The Hall–Kier alpha value is -1.63. The Morgan fingerprint density at radius 2 is 2.25 bits per heavy atom. The number of nitrogens with zero attached hydrogens (tertiary/aromatic N) is 3. The summed E-state index contributed by atoms with van der Waals surface area (Å²) < 4.78 is 0. The Labute approximate surface area is 148 Å². The summed E-state index contributed by atoms with van der Waals surface area (Å²) in [7, 11) is 3.62. The van der Waals surface area contributed by atoms with Crippen LogP contribution in [-0.4, -0.2) is 55.0 Å². The van der Waals surface area contributed by atoms with Gasteiger partial charge < -0.3 is 15.5 Å². The van der Waals surface area contributed by atoms with Gasteiger partial charge in [0.15, 0.2) is 5.96 Å². The number of likely N-dealkylation sites (tertiary alicyclic amines) is 1. The minimum atomic E-state index is 0.101. The first-order valence-electron chi connectivity index (χ1n) is 8.45. The van der Waals surface area contributed by atoms with E-state index in [9.17, 15) is 4.79 Å². The molecule has 0 bridgehead atoms. The molecule has 1 atom stereocenters. The number of carbonyl (C=O) groups excluding carboxylic acids is 1. The van der Waals surface area contributed by atoms with Gasteiger partial charge in [0.05, 0.1) is 10.7 Å². The third kappa shape index (κ3) is 5.19. The Morgan fingerprint density at radius 3 is 2.83 bits per heavy atom. The van der Waals surface area contributed by atoms with Crippen LogP contribution in [0, 0.1) is 0 Å². The van der Waals surface area contributed by atoms with Gasteiger partial charge in [0.1, 0.15) is 0 Å². The van der Waals surface area contributed by atoms with Crippen molar-refractivity contribution in [2.45, 2.75) is 51.5 Å². The van der Waals surface area contributed by atoms with Gasteiger partial charge in [-0.15, -0.1) is 11.3 Å². The van der Waals surface area contributed by atoms with Crippen LogP contribution < -0.4 is 10.6 Å². The van der Waals surface area contributed by atoms with E-state index in [0.29, 0.717) is 6.42 Å². The van der Waals surface area contributed by atoms with Crippen LogP contribution in [0.25, 0.3) is 0 Å². The van der Waals surface area contributed by atoms with Gasteiger partial charge >= 0.3 is 0 Å². The first-order chi connectivity index (χ1) is 11.3. The lowest BCUT2D eigenvalue weighted by molar-refractivity contribution is -0.132. The topological polar surface area (TPSA) is 69.6 Å². The molecule has 0 radical (unpaired) electrons. The van der Waals surface area contributed by atoms with E-state index < -0.39 is 0 Å². The van der Waals surface area contributed by atoms with Crippen molar-refractivity contribution >= 4 is 23.2 Å². The predicted octanol–water partition coefficient (Wildman–Crippen LogP) is 1.77. The minimum Gasteiger partial charge on any atom is -0.356 e. The van der Waals surface area contributed by atoms with Crippen LogP contribution in [0.4, 0.5) is 0 Å². The highest BCUT2D eigenvalue weighted by molar-refractivity contribution is 7.09. The second-order valence-electron chi connectivity index (χ2n) is 7.28. The van der Waals surface area contributed by atoms with Gasteiger partial charge in [0.2, 0.25) is 5.91 Å². The fraction of sp³-hybridized carbons (Fsp3) is 0.706. The van der Waals surface area contributed by atoms with E-state index in [1.165, 1.54) is 0 Å². The molecular formula is C17H29N5OS. The van der Waals surface area contributed by atoms with Crippen molar-refractivity contribution in [3.63, 3.8) is 0 Å². The summed E-state index contributed by atoms with van der Waals surface area (Å²) in [6, 6.07) is 0.256. The Balaban J connectivity index is 1.78. The zero-order chi connectivity index (χ0) is 17.7. The molecule has 1 saturated heterocycles. The molecule has 1 aliphatic rings. The molecule has 1 aliphatic heterocycles. The number of aliphatic imine (C=N–C) groups is 1. The number of carbonyl (C=O) groups is 1. The number of aromatic nitrogens is 1. The Morgan fingerprint density at radius 1 is 1.50 bits per heavy atom. The van der Waals surface area contributed by atoms with Crippen molar-refractivity contribution in [2.75, 3.05) is 27.2 Å². The summed E-state index contributed by atoms with van der Waals surface area (Å²) >= 11 is 1.72. The van der Waals surface area contributed by atoms with Crippen LogP contribution in [0.3, 0.4) is 0 Å². The third-order valence-electron chi connectivity index (χ3n) is 4.14. The fourth-order valence-corrected chi connectivity index (χ4v) is 3.60. The zero-order valence-electron chi connectivity index (χ0n) is 15.3. The maximum absolute atomic E-state index is 11.5. The van der Waals surface area contributed by atoms with Crippen LogP contribution in [0.2, 0.25) is 0 Å². The summed E-state index contributed by atoms with van der Waals surface area (Å²) in [4.78, 5) is 22.3. The van der Waals surface area contributed by atoms with E-state index in [4.69, 9.17) is 4.98 Å². The number of guanidine groups is 1. The lowest BCUT2D eigenvalue weighted by atomic mass is 9.93. The maximum Gasteiger partial charge on any atom is 0.222 e. The van der Waals surface area contributed by atoms with Gasteiger partial charge in [0.25, 0.3) is 0 Å². The van der Waals surface area contributed by atoms with Crippen molar-refractivity contribution in [3.05, 3.63) is 16.1 Å². The molecule has 0 aromatic carbocycles. The monoisotopic (exact) mass is 351 g/mol. The van der Waals surface area contributed by atoms with Gasteiger partial charge in [-0.25, -0.2) is 4.98 Å². The van der Waals surface area contributed by atoms with E-state index in [1.807, 2.05) is 7.05 Å². The first-order valence-corrected chi connectivity index (χ1v) is 9.33. The van der Waals surface area contributed by atoms with Crippen molar-refractivity contribution in [2.24, 2.45) is 4.99 Å². The van der Waals surface area contributed by atoms with Gasteiger partial charge in [-0.3, -0.25) is 9.79 Å². The number of amides is 1. The highest BCUT2D eigenvalue weighted by atomic mass is 32.1. The lowest BCUT2D eigenvalue weighted by Gasteiger charge is -2.31. The summed E-state index contributed by atoms with van der Waals surface area (Å²) in [5.74, 6) is 1.00. The molecule has 134 valence electrons. The molecule has 2 heterocycles. The number of likely N-dealkylation sites (N-methyl/N-ethyl adjacent to an activating group) is 1. The van der Waals surface area contributed by atoms with Crippen molar-refractivity contribution < 1.29 is 4.79 Å². The number of hydrogen-bond acceptors (Lipinski definition) is 4. The van der Waals surface area contributed by atoms with E-state index in [0.717, 1.165) is 42.6 Å². The average molecular weight is 352 g/mol. The van der Waals surface area contributed by atoms with Crippen LogP contribution in [0.15, 0.2) is 10.4 Å². The second kappa shape index (κ2) is 7.96. The van der Waals surface area contributed by atoms with E-state index in [-0.39, 0.29) is 17.4 Å². The fourth-order valence-electron chi connectivity index (χ4n) is 2.58. The van der Waals surface area contributed by atoms with Gasteiger partial charge in [0, 0.05) is 56.9 Å². The maximum atomic E-state index is 11.5. The third-order valence-corrected chi connectivity index (χ3v) is 5.05. The second-order valence-corrected chi connectivity index (χ2v) is 8.22. The molecule has 1 aromatic heterocycles. The summed E-state index contributed by atoms with van der Waals surface area (Å²) in [5, 5.41) is 10.0. The van der Waals surface area contributed by atoms with Gasteiger partial charge in [-0.2, -0.15) is 0 Å². The van der Waals surface area contributed by atoms with Crippen molar-refractivity contribution in [1.29, 1.82) is 0 Å². The number of piperidine rings is 1.